The fourth-order valence-corrected chi connectivity index (χ4v) is 3.16. The van der Waals surface area contributed by atoms with E-state index >= 15 is 0 Å². The van der Waals surface area contributed by atoms with Crippen LogP contribution in [0.25, 0.3) is 0 Å². The zero-order valence-electron chi connectivity index (χ0n) is 10.9. The molecule has 1 saturated carbocycles. The maximum absolute atomic E-state index is 11.2. The second-order valence-electron chi connectivity index (χ2n) is 5.52. The molecule has 0 radical (unpaired) electrons. The third kappa shape index (κ3) is 2.99. The van der Waals surface area contributed by atoms with E-state index in [-0.39, 0.29) is 5.92 Å². The number of nitrogens with one attached hydrogen (secondary N) is 1. The summed E-state index contributed by atoms with van der Waals surface area (Å²) < 4.78 is 0. The van der Waals surface area contributed by atoms with Crippen LogP contribution in [0.5, 0.6) is 0 Å². The van der Waals surface area contributed by atoms with E-state index in [0.717, 1.165) is 31.8 Å². The van der Waals surface area contributed by atoms with Gasteiger partial charge in [0, 0.05) is 25.2 Å². The van der Waals surface area contributed by atoms with Crippen LogP contribution >= 0.6 is 0 Å². The van der Waals surface area contributed by atoms with Gasteiger partial charge in [0.1, 0.15) is 0 Å². The molecule has 1 saturated heterocycles. The summed E-state index contributed by atoms with van der Waals surface area (Å²) in [6.45, 7) is 3.97. The number of piperidine rings is 1. The summed E-state index contributed by atoms with van der Waals surface area (Å²) in [6.07, 6.45) is 4.57. The average molecular weight is 240 g/mol. The molecule has 0 aromatic rings. The summed E-state index contributed by atoms with van der Waals surface area (Å²) >= 11 is 0. The molecule has 2 aliphatic rings. The quantitative estimate of drug-likeness (QED) is 0.757. The van der Waals surface area contributed by atoms with E-state index in [2.05, 4.69) is 17.1 Å². The first kappa shape index (κ1) is 12.8. The number of likely N-dealkylation sites (tertiary alicyclic amines) is 1. The van der Waals surface area contributed by atoms with Crippen LogP contribution in [0.3, 0.4) is 0 Å². The van der Waals surface area contributed by atoms with E-state index in [1.165, 1.54) is 12.8 Å². The van der Waals surface area contributed by atoms with Gasteiger partial charge in [0.15, 0.2) is 0 Å². The molecule has 2 N–H and O–H groups in total. The summed E-state index contributed by atoms with van der Waals surface area (Å²) in [4.78, 5) is 13.6. The van der Waals surface area contributed by atoms with E-state index in [0.29, 0.717) is 12.1 Å². The van der Waals surface area contributed by atoms with Crippen molar-refractivity contribution < 1.29 is 9.90 Å². The number of likely N-dealkylation sites (N-methyl/N-ethyl adjacent to an activating group) is 1. The van der Waals surface area contributed by atoms with Crippen molar-refractivity contribution in [1.82, 2.24) is 10.2 Å². The minimum absolute atomic E-state index is 0.200. The van der Waals surface area contributed by atoms with Crippen molar-refractivity contribution in [3.8, 4) is 0 Å². The molecule has 1 heterocycles. The van der Waals surface area contributed by atoms with Gasteiger partial charge in [-0.3, -0.25) is 9.69 Å². The SMILES string of the molecule is CCC(C1CC1)N1CC(NC)CC(C(=O)O)C1. The molecular weight excluding hydrogens is 216 g/mol. The summed E-state index contributed by atoms with van der Waals surface area (Å²) in [5, 5.41) is 12.5. The number of rotatable bonds is 5. The van der Waals surface area contributed by atoms with Crippen molar-refractivity contribution in [3.63, 3.8) is 0 Å². The van der Waals surface area contributed by atoms with E-state index < -0.39 is 5.97 Å². The highest BCUT2D eigenvalue weighted by molar-refractivity contribution is 5.70. The summed E-state index contributed by atoms with van der Waals surface area (Å²) in [5.41, 5.74) is 0. The number of carboxylic acids is 1. The standard InChI is InChI=1S/C13H24N2O2/c1-3-12(9-4-5-9)15-7-10(13(16)17)6-11(8-15)14-2/h9-12,14H,3-8H2,1-2H3,(H,16,17). The molecule has 17 heavy (non-hydrogen) atoms. The van der Waals surface area contributed by atoms with E-state index in [9.17, 15) is 9.90 Å². The van der Waals surface area contributed by atoms with Gasteiger partial charge in [0.25, 0.3) is 0 Å². The zero-order valence-corrected chi connectivity index (χ0v) is 10.9. The molecule has 3 atom stereocenters. The van der Waals surface area contributed by atoms with Crippen molar-refractivity contribution in [1.29, 1.82) is 0 Å². The summed E-state index contributed by atoms with van der Waals surface area (Å²) in [6, 6.07) is 0.936. The minimum atomic E-state index is -0.638. The Hall–Kier alpha value is -0.610. The largest absolute Gasteiger partial charge is 0.481 e. The number of hydrogen-bond acceptors (Lipinski definition) is 3. The van der Waals surface area contributed by atoms with Crippen LogP contribution in [0.1, 0.15) is 32.6 Å². The second-order valence-corrected chi connectivity index (χ2v) is 5.52. The van der Waals surface area contributed by atoms with Gasteiger partial charge in [-0.05, 0) is 38.6 Å². The van der Waals surface area contributed by atoms with Gasteiger partial charge in [-0.1, -0.05) is 6.92 Å². The number of hydrogen-bond donors (Lipinski definition) is 2. The van der Waals surface area contributed by atoms with Crippen LogP contribution in [0.15, 0.2) is 0 Å². The van der Waals surface area contributed by atoms with Gasteiger partial charge < -0.3 is 10.4 Å². The molecule has 98 valence electrons. The van der Waals surface area contributed by atoms with Gasteiger partial charge in [-0.15, -0.1) is 0 Å². The third-order valence-electron chi connectivity index (χ3n) is 4.29. The molecule has 0 aromatic heterocycles. The molecule has 1 aliphatic carbocycles. The Morgan fingerprint density at radius 3 is 2.65 bits per heavy atom. The highest BCUT2D eigenvalue weighted by atomic mass is 16.4. The Balaban J connectivity index is 2.02. The van der Waals surface area contributed by atoms with E-state index in [1.54, 1.807) is 0 Å². The van der Waals surface area contributed by atoms with Crippen LogP contribution in [-0.4, -0.2) is 48.2 Å². The molecule has 2 fully saturated rings. The van der Waals surface area contributed by atoms with Crippen LogP contribution < -0.4 is 5.32 Å². The van der Waals surface area contributed by atoms with Crippen molar-refractivity contribution in [2.45, 2.75) is 44.7 Å². The first-order valence-electron chi connectivity index (χ1n) is 6.79. The Bertz CT molecular complexity index is 279. The van der Waals surface area contributed by atoms with Crippen molar-refractivity contribution in [3.05, 3.63) is 0 Å². The maximum atomic E-state index is 11.2. The molecule has 0 spiro atoms. The lowest BCUT2D eigenvalue weighted by atomic mass is 9.92. The van der Waals surface area contributed by atoms with Crippen molar-refractivity contribution in [2.75, 3.05) is 20.1 Å². The van der Waals surface area contributed by atoms with Gasteiger partial charge >= 0.3 is 5.97 Å². The maximum Gasteiger partial charge on any atom is 0.307 e. The molecule has 4 heteroatoms. The Labute approximate surface area is 103 Å². The smallest absolute Gasteiger partial charge is 0.307 e. The van der Waals surface area contributed by atoms with Gasteiger partial charge in [0.2, 0.25) is 0 Å². The Morgan fingerprint density at radius 1 is 1.47 bits per heavy atom. The Morgan fingerprint density at radius 2 is 2.18 bits per heavy atom. The van der Waals surface area contributed by atoms with Crippen molar-refractivity contribution in [2.24, 2.45) is 11.8 Å². The van der Waals surface area contributed by atoms with Gasteiger partial charge in [-0.25, -0.2) is 0 Å². The predicted octanol–water partition coefficient (Wildman–Crippen LogP) is 1.17. The molecule has 4 nitrogen and oxygen atoms in total. The zero-order chi connectivity index (χ0) is 12.4. The minimum Gasteiger partial charge on any atom is -0.481 e. The van der Waals surface area contributed by atoms with E-state index in [4.69, 9.17) is 0 Å². The lowest BCUT2D eigenvalue weighted by Gasteiger charge is -2.40. The fourth-order valence-electron chi connectivity index (χ4n) is 3.16. The average Bonchev–Trinajstić information content (AvgIpc) is 3.14. The molecule has 3 unspecified atom stereocenters. The molecule has 0 bridgehead atoms. The normalized spacial score (nSPS) is 32.4. The molecular formula is C13H24N2O2. The topological polar surface area (TPSA) is 52.6 Å². The number of nitrogens with zero attached hydrogens (tertiary/aromatic N) is 1. The number of carboxylic acid groups (broad SMARTS) is 1. The van der Waals surface area contributed by atoms with Gasteiger partial charge in [0.05, 0.1) is 5.92 Å². The monoisotopic (exact) mass is 240 g/mol. The van der Waals surface area contributed by atoms with Crippen LogP contribution in [0.4, 0.5) is 0 Å². The molecule has 0 amide bonds. The van der Waals surface area contributed by atoms with Crippen LogP contribution in [0.2, 0.25) is 0 Å². The van der Waals surface area contributed by atoms with Gasteiger partial charge in [-0.2, -0.15) is 0 Å². The van der Waals surface area contributed by atoms with Crippen LogP contribution in [0, 0.1) is 11.8 Å². The molecule has 1 aliphatic heterocycles. The Kier molecular flexibility index (Phi) is 4.05. The first-order chi connectivity index (χ1) is 8.15. The van der Waals surface area contributed by atoms with Crippen LogP contribution in [-0.2, 0) is 4.79 Å². The highest BCUT2D eigenvalue weighted by Gasteiger charge is 2.39. The predicted molar refractivity (Wildman–Crippen MR) is 67.0 cm³/mol. The highest BCUT2D eigenvalue weighted by Crippen LogP contribution is 2.38. The lowest BCUT2D eigenvalue weighted by molar-refractivity contribution is -0.144. The third-order valence-corrected chi connectivity index (χ3v) is 4.29. The fraction of sp³-hybridized carbons (Fsp3) is 0.923. The molecule has 0 aromatic carbocycles. The first-order valence-corrected chi connectivity index (χ1v) is 6.79. The molecule has 2 rings (SSSR count). The number of carbonyl (C=O) groups is 1. The second kappa shape index (κ2) is 5.36. The number of aliphatic carboxylic acids is 1. The van der Waals surface area contributed by atoms with E-state index in [1.807, 2.05) is 7.05 Å². The summed E-state index contributed by atoms with van der Waals surface area (Å²) in [7, 11) is 1.94. The van der Waals surface area contributed by atoms with Crippen molar-refractivity contribution >= 4 is 5.97 Å². The lowest BCUT2D eigenvalue weighted by Crippen LogP contribution is -2.53. The summed E-state index contributed by atoms with van der Waals surface area (Å²) in [5.74, 6) is -0.0142.